The first-order valence-corrected chi connectivity index (χ1v) is 7.59. The fourth-order valence-electron chi connectivity index (χ4n) is 1.57. The van der Waals surface area contributed by atoms with Crippen LogP contribution in [0.15, 0.2) is 29.2 Å². The number of nitrogens with zero attached hydrogens (tertiary/aromatic N) is 1. The van der Waals surface area contributed by atoms with Crippen LogP contribution in [0.5, 0.6) is 0 Å². The van der Waals surface area contributed by atoms with Gasteiger partial charge in [0.05, 0.1) is 4.90 Å². The van der Waals surface area contributed by atoms with Gasteiger partial charge in [-0.3, -0.25) is 0 Å². The summed E-state index contributed by atoms with van der Waals surface area (Å²) >= 11 is 0. The molecule has 1 rings (SSSR count). The number of hydrogen-bond donors (Lipinski definition) is 0. The quantitative estimate of drug-likeness (QED) is 0.846. The SMILES string of the molecule is CC(C)N(C)S(=O)(=O)c1ccc(C(C)(C)C)cc1. The topological polar surface area (TPSA) is 37.4 Å². The Morgan fingerprint density at radius 2 is 1.50 bits per heavy atom. The average molecular weight is 269 g/mol. The minimum atomic E-state index is -3.37. The molecular weight excluding hydrogens is 246 g/mol. The maximum atomic E-state index is 12.3. The van der Waals surface area contributed by atoms with Crippen LogP contribution >= 0.6 is 0 Å². The van der Waals surface area contributed by atoms with E-state index in [2.05, 4.69) is 20.8 Å². The van der Waals surface area contributed by atoms with Crippen molar-refractivity contribution in [2.75, 3.05) is 7.05 Å². The monoisotopic (exact) mass is 269 g/mol. The molecule has 0 aliphatic heterocycles. The molecule has 4 heteroatoms. The predicted molar refractivity (Wildman–Crippen MR) is 75.2 cm³/mol. The average Bonchev–Trinajstić information content (AvgIpc) is 2.26. The van der Waals surface area contributed by atoms with E-state index in [-0.39, 0.29) is 11.5 Å². The largest absolute Gasteiger partial charge is 0.243 e. The molecule has 0 spiro atoms. The Balaban J connectivity index is 3.14. The molecule has 0 radical (unpaired) electrons. The van der Waals surface area contributed by atoms with Crippen LogP contribution in [0.3, 0.4) is 0 Å². The highest BCUT2D eigenvalue weighted by Crippen LogP contribution is 2.24. The molecule has 0 saturated carbocycles. The van der Waals surface area contributed by atoms with Gasteiger partial charge in [-0.15, -0.1) is 0 Å². The first-order valence-electron chi connectivity index (χ1n) is 6.15. The molecule has 0 saturated heterocycles. The van der Waals surface area contributed by atoms with Crippen LogP contribution in [0.1, 0.15) is 40.2 Å². The molecular formula is C14H23NO2S. The zero-order valence-electron chi connectivity index (χ0n) is 12.1. The van der Waals surface area contributed by atoms with Crippen molar-refractivity contribution in [1.82, 2.24) is 4.31 Å². The van der Waals surface area contributed by atoms with Gasteiger partial charge in [0, 0.05) is 13.1 Å². The fourth-order valence-corrected chi connectivity index (χ4v) is 2.94. The molecule has 0 bridgehead atoms. The van der Waals surface area contributed by atoms with Gasteiger partial charge in [-0.2, -0.15) is 4.31 Å². The predicted octanol–water partition coefficient (Wildman–Crippen LogP) is 3.01. The van der Waals surface area contributed by atoms with Gasteiger partial charge in [0.1, 0.15) is 0 Å². The lowest BCUT2D eigenvalue weighted by molar-refractivity contribution is 0.410. The third kappa shape index (κ3) is 3.12. The fraction of sp³-hybridized carbons (Fsp3) is 0.571. The first kappa shape index (κ1) is 15.2. The maximum Gasteiger partial charge on any atom is 0.243 e. The Kier molecular flexibility index (Phi) is 4.23. The second-order valence-corrected chi connectivity index (χ2v) is 7.89. The van der Waals surface area contributed by atoms with Crippen LogP contribution in [0.2, 0.25) is 0 Å². The van der Waals surface area contributed by atoms with Gasteiger partial charge >= 0.3 is 0 Å². The summed E-state index contributed by atoms with van der Waals surface area (Å²) in [5.74, 6) is 0. The van der Waals surface area contributed by atoms with E-state index in [0.717, 1.165) is 5.56 Å². The summed E-state index contributed by atoms with van der Waals surface area (Å²) < 4.78 is 25.9. The second-order valence-electron chi connectivity index (χ2n) is 5.89. The van der Waals surface area contributed by atoms with Crippen LogP contribution in [-0.2, 0) is 15.4 Å². The first-order chi connectivity index (χ1) is 8.06. The third-order valence-corrected chi connectivity index (χ3v) is 5.17. The van der Waals surface area contributed by atoms with E-state index in [0.29, 0.717) is 4.90 Å². The number of rotatable bonds is 3. The van der Waals surface area contributed by atoms with Crippen molar-refractivity contribution < 1.29 is 8.42 Å². The van der Waals surface area contributed by atoms with E-state index < -0.39 is 10.0 Å². The summed E-state index contributed by atoms with van der Waals surface area (Å²) in [5, 5.41) is 0. The summed E-state index contributed by atoms with van der Waals surface area (Å²) in [6, 6.07) is 7.11. The lowest BCUT2D eigenvalue weighted by Crippen LogP contribution is -2.33. The van der Waals surface area contributed by atoms with E-state index in [1.165, 1.54) is 4.31 Å². The van der Waals surface area contributed by atoms with Crippen LogP contribution in [-0.4, -0.2) is 25.8 Å². The summed E-state index contributed by atoms with van der Waals surface area (Å²) in [6.07, 6.45) is 0. The standard InChI is InChI=1S/C14H23NO2S/c1-11(2)15(6)18(16,17)13-9-7-12(8-10-13)14(3,4)5/h7-11H,1-6H3. The van der Waals surface area contributed by atoms with Crippen LogP contribution in [0, 0.1) is 0 Å². The van der Waals surface area contributed by atoms with Crippen molar-refractivity contribution in [2.24, 2.45) is 0 Å². The summed E-state index contributed by atoms with van der Waals surface area (Å²) in [4.78, 5) is 0.353. The highest BCUT2D eigenvalue weighted by atomic mass is 32.2. The molecule has 0 N–H and O–H groups in total. The van der Waals surface area contributed by atoms with Gasteiger partial charge in [-0.1, -0.05) is 32.9 Å². The van der Waals surface area contributed by atoms with Crippen molar-refractivity contribution in [3.8, 4) is 0 Å². The number of hydrogen-bond acceptors (Lipinski definition) is 2. The van der Waals surface area contributed by atoms with Crippen LogP contribution < -0.4 is 0 Å². The zero-order chi connectivity index (χ0) is 14.1. The van der Waals surface area contributed by atoms with E-state index in [4.69, 9.17) is 0 Å². The molecule has 1 aromatic rings. The number of benzene rings is 1. The summed E-state index contributed by atoms with van der Waals surface area (Å²) in [5.41, 5.74) is 1.17. The number of sulfonamides is 1. The van der Waals surface area contributed by atoms with E-state index >= 15 is 0 Å². The van der Waals surface area contributed by atoms with Crippen LogP contribution in [0.4, 0.5) is 0 Å². The minimum Gasteiger partial charge on any atom is -0.207 e. The van der Waals surface area contributed by atoms with Crippen molar-refractivity contribution in [3.63, 3.8) is 0 Å². The molecule has 1 aromatic carbocycles. The Morgan fingerprint density at radius 1 is 1.06 bits per heavy atom. The molecule has 0 heterocycles. The van der Waals surface area contributed by atoms with Crippen molar-refractivity contribution in [2.45, 2.75) is 51.0 Å². The zero-order valence-corrected chi connectivity index (χ0v) is 12.9. The van der Waals surface area contributed by atoms with Crippen molar-refractivity contribution in [3.05, 3.63) is 29.8 Å². The molecule has 0 atom stereocenters. The molecule has 0 aromatic heterocycles. The van der Waals surface area contributed by atoms with Gasteiger partial charge in [0.25, 0.3) is 0 Å². The highest BCUT2D eigenvalue weighted by Gasteiger charge is 2.23. The Labute approximate surface area is 111 Å². The van der Waals surface area contributed by atoms with Gasteiger partial charge in [-0.05, 0) is 37.0 Å². The summed E-state index contributed by atoms with van der Waals surface area (Å²) in [6.45, 7) is 10.0. The van der Waals surface area contributed by atoms with Crippen molar-refractivity contribution in [1.29, 1.82) is 0 Å². The van der Waals surface area contributed by atoms with Gasteiger partial charge in [-0.25, -0.2) is 8.42 Å². The maximum absolute atomic E-state index is 12.3. The van der Waals surface area contributed by atoms with E-state index in [1.807, 2.05) is 26.0 Å². The molecule has 0 aliphatic rings. The molecule has 0 fully saturated rings. The molecule has 3 nitrogen and oxygen atoms in total. The Bertz CT molecular complexity index is 496. The van der Waals surface area contributed by atoms with Gasteiger partial charge in [0.15, 0.2) is 0 Å². The second kappa shape index (κ2) is 5.02. The van der Waals surface area contributed by atoms with E-state index in [9.17, 15) is 8.42 Å². The van der Waals surface area contributed by atoms with Gasteiger partial charge < -0.3 is 0 Å². The summed E-state index contributed by atoms with van der Waals surface area (Å²) in [7, 11) is -1.76. The van der Waals surface area contributed by atoms with Gasteiger partial charge in [0.2, 0.25) is 10.0 Å². The lowest BCUT2D eigenvalue weighted by Gasteiger charge is -2.22. The van der Waals surface area contributed by atoms with Crippen molar-refractivity contribution >= 4 is 10.0 Å². The lowest BCUT2D eigenvalue weighted by atomic mass is 9.87. The normalized spacial score (nSPS) is 13.3. The smallest absolute Gasteiger partial charge is 0.207 e. The van der Waals surface area contributed by atoms with E-state index in [1.54, 1.807) is 19.2 Å². The minimum absolute atomic E-state index is 0.0340. The Hall–Kier alpha value is -0.870. The molecule has 18 heavy (non-hydrogen) atoms. The van der Waals surface area contributed by atoms with Crippen LogP contribution in [0.25, 0.3) is 0 Å². The third-order valence-electron chi connectivity index (χ3n) is 3.12. The molecule has 0 unspecified atom stereocenters. The molecule has 0 amide bonds. The Morgan fingerprint density at radius 3 is 1.83 bits per heavy atom. The molecule has 0 aliphatic carbocycles. The highest BCUT2D eigenvalue weighted by molar-refractivity contribution is 7.89. The molecule has 102 valence electrons.